The van der Waals surface area contributed by atoms with E-state index in [2.05, 4.69) is 5.32 Å². The molecular weight excluding hydrogens is 285 g/mol. The molecule has 0 aromatic heterocycles. The molecule has 1 amide bonds. The smallest absolute Gasteiger partial charge is 0.401 e. The maximum absolute atomic E-state index is 12.3. The molecule has 1 unspecified atom stereocenters. The van der Waals surface area contributed by atoms with Crippen LogP contribution in [0.25, 0.3) is 0 Å². The number of primary amides is 1. The van der Waals surface area contributed by atoms with Crippen molar-refractivity contribution < 1.29 is 22.7 Å². The third-order valence-electron chi connectivity index (χ3n) is 2.94. The number of benzene rings is 1. The van der Waals surface area contributed by atoms with Crippen LogP contribution in [0.4, 0.5) is 13.2 Å². The highest BCUT2D eigenvalue weighted by Crippen LogP contribution is 2.25. The number of halogens is 3. The molecule has 0 aliphatic rings. The molecule has 0 saturated heterocycles. The van der Waals surface area contributed by atoms with Crippen molar-refractivity contribution in [3.63, 3.8) is 0 Å². The Labute approximate surface area is 121 Å². The lowest BCUT2D eigenvalue weighted by molar-refractivity contribution is -0.135. The maximum atomic E-state index is 12.3. The Morgan fingerprint density at radius 3 is 2.19 bits per heavy atom. The van der Waals surface area contributed by atoms with Crippen LogP contribution in [-0.2, 0) is 10.3 Å². The Kier molecular flexibility index (Phi) is 5.22. The zero-order valence-electron chi connectivity index (χ0n) is 12.1. The van der Waals surface area contributed by atoms with Gasteiger partial charge in [0.25, 0.3) is 0 Å². The number of amides is 1. The molecule has 0 aliphatic heterocycles. The molecule has 0 heterocycles. The van der Waals surface area contributed by atoms with Gasteiger partial charge in [0.2, 0.25) is 5.91 Å². The average Bonchev–Trinajstić information content (AvgIpc) is 2.35. The first kappa shape index (κ1) is 17.3. The minimum atomic E-state index is -4.43. The number of nitrogens with one attached hydrogen (secondary N) is 1. The number of rotatable bonds is 6. The Hall–Kier alpha value is -1.76. The molecule has 21 heavy (non-hydrogen) atoms. The average molecular weight is 304 g/mol. The summed E-state index contributed by atoms with van der Waals surface area (Å²) in [5, 5.41) is 2.17. The van der Waals surface area contributed by atoms with E-state index < -0.39 is 24.2 Å². The molecule has 4 nitrogen and oxygen atoms in total. The van der Waals surface area contributed by atoms with Crippen LogP contribution in [0.15, 0.2) is 24.3 Å². The van der Waals surface area contributed by atoms with E-state index in [-0.39, 0.29) is 6.10 Å². The first-order valence-corrected chi connectivity index (χ1v) is 6.43. The molecule has 0 fully saturated rings. The fraction of sp³-hybridized carbons (Fsp3) is 0.500. The summed E-state index contributed by atoms with van der Waals surface area (Å²) in [6, 6.07) is 6.22. The molecule has 1 atom stereocenters. The zero-order chi connectivity index (χ0) is 16.3. The second kappa shape index (κ2) is 6.34. The van der Waals surface area contributed by atoms with Gasteiger partial charge in [0.1, 0.15) is 11.3 Å². The lowest BCUT2D eigenvalue weighted by Gasteiger charge is -2.29. The second-order valence-corrected chi connectivity index (χ2v) is 5.15. The summed E-state index contributed by atoms with van der Waals surface area (Å²) in [4.78, 5) is 11.6. The number of ether oxygens (including phenoxy) is 1. The van der Waals surface area contributed by atoms with E-state index in [0.717, 1.165) is 0 Å². The van der Waals surface area contributed by atoms with Crippen molar-refractivity contribution >= 4 is 5.91 Å². The van der Waals surface area contributed by atoms with E-state index in [0.29, 0.717) is 11.3 Å². The molecule has 1 aromatic carbocycles. The molecule has 0 aliphatic carbocycles. The number of hydrogen-bond donors (Lipinski definition) is 2. The molecule has 7 heteroatoms. The van der Waals surface area contributed by atoms with Gasteiger partial charge in [0.15, 0.2) is 0 Å². The zero-order valence-corrected chi connectivity index (χ0v) is 12.1. The maximum Gasteiger partial charge on any atom is 0.401 e. The predicted octanol–water partition coefficient (Wildman–Crippen LogP) is 2.33. The first-order chi connectivity index (χ1) is 9.54. The third kappa shape index (κ3) is 4.93. The van der Waals surface area contributed by atoms with Crippen LogP contribution < -0.4 is 15.8 Å². The van der Waals surface area contributed by atoms with Gasteiger partial charge in [-0.15, -0.1) is 0 Å². The minimum Gasteiger partial charge on any atom is -0.491 e. The monoisotopic (exact) mass is 304 g/mol. The van der Waals surface area contributed by atoms with Gasteiger partial charge in [0.05, 0.1) is 12.6 Å². The fourth-order valence-corrected chi connectivity index (χ4v) is 1.75. The third-order valence-corrected chi connectivity index (χ3v) is 2.94. The van der Waals surface area contributed by atoms with Crippen molar-refractivity contribution in [1.29, 1.82) is 0 Å². The summed E-state index contributed by atoms with van der Waals surface area (Å²) in [5.41, 5.74) is 3.99. The van der Waals surface area contributed by atoms with Gasteiger partial charge < -0.3 is 10.5 Å². The summed E-state index contributed by atoms with van der Waals surface area (Å²) in [6.45, 7) is 3.72. The molecule has 0 radical (unpaired) electrons. The molecule has 1 rings (SSSR count). The van der Waals surface area contributed by atoms with Crippen LogP contribution in [-0.4, -0.2) is 24.7 Å². The second-order valence-electron chi connectivity index (χ2n) is 5.15. The van der Waals surface area contributed by atoms with Crippen LogP contribution in [0.5, 0.6) is 5.75 Å². The number of carbonyl (C=O) groups excluding carboxylic acids is 1. The summed E-state index contributed by atoms with van der Waals surface area (Å²) < 4.78 is 42.5. The van der Waals surface area contributed by atoms with E-state index in [1.165, 1.54) is 19.1 Å². The van der Waals surface area contributed by atoms with Crippen molar-refractivity contribution in [3.8, 4) is 5.75 Å². The van der Waals surface area contributed by atoms with Crippen LogP contribution in [0, 0.1) is 0 Å². The van der Waals surface area contributed by atoms with E-state index in [1.807, 2.05) is 13.8 Å². The van der Waals surface area contributed by atoms with Gasteiger partial charge in [-0.3, -0.25) is 10.1 Å². The molecule has 0 saturated carbocycles. The van der Waals surface area contributed by atoms with Gasteiger partial charge in [-0.25, -0.2) is 0 Å². The molecule has 3 N–H and O–H groups in total. The van der Waals surface area contributed by atoms with Gasteiger partial charge >= 0.3 is 6.18 Å². The number of nitrogens with two attached hydrogens (primary N) is 1. The molecule has 0 spiro atoms. The predicted molar refractivity (Wildman–Crippen MR) is 72.8 cm³/mol. The number of carbonyl (C=O) groups is 1. The van der Waals surface area contributed by atoms with Gasteiger partial charge in [-0.05, 0) is 38.5 Å². The summed E-state index contributed by atoms with van der Waals surface area (Å²) in [7, 11) is 0. The van der Waals surface area contributed by atoms with Crippen molar-refractivity contribution in [1.82, 2.24) is 5.32 Å². The van der Waals surface area contributed by atoms with Gasteiger partial charge in [0, 0.05) is 0 Å². The largest absolute Gasteiger partial charge is 0.491 e. The topological polar surface area (TPSA) is 64.3 Å². The molecular formula is C14H19F3N2O2. The van der Waals surface area contributed by atoms with Crippen LogP contribution in [0.2, 0.25) is 0 Å². The standard InChI is InChI=1S/C14H19F3N2O2/c1-9(2)21-11-6-4-10(5-7-11)13(3,12(18)20)19-8-14(15,16)17/h4-7,9,19H,8H2,1-3H3,(H2,18,20). The quantitative estimate of drug-likeness (QED) is 0.848. The van der Waals surface area contributed by atoms with Crippen LogP contribution >= 0.6 is 0 Å². The highest BCUT2D eigenvalue weighted by atomic mass is 19.4. The Morgan fingerprint density at radius 1 is 1.29 bits per heavy atom. The fourth-order valence-electron chi connectivity index (χ4n) is 1.75. The number of alkyl halides is 3. The van der Waals surface area contributed by atoms with E-state index in [1.54, 1.807) is 12.1 Å². The number of hydrogen-bond acceptors (Lipinski definition) is 3. The van der Waals surface area contributed by atoms with E-state index in [4.69, 9.17) is 10.5 Å². The SMILES string of the molecule is CC(C)Oc1ccc(C(C)(NCC(F)(F)F)C(N)=O)cc1. The lowest BCUT2D eigenvalue weighted by atomic mass is 9.91. The molecule has 0 bridgehead atoms. The Balaban J connectivity index is 2.97. The van der Waals surface area contributed by atoms with Gasteiger partial charge in [-0.1, -0.05) is 12.1 Å². The Morgan fingerprint density at radius 2 is 1.81 bits per heavy atom. The first-order valence-electron chi connectivity index (χ1n) is 6.43. The molecule has 118 valence electrons. The van der Waals surface area contributed by atoms with Crippen molar-refractivity contribution in [2.24, 2.45) is 5.73 Å². The van der Waals surface area contributed by atoms with Crippen molar-refractivity contribution in [2.75, 3.05) is 6.54 Å². The minimum absolute atomic E-state index is 0.0262. The van der Waals surface area contributed by atoms with Gasteiger partial charge in [-0.2, -0.15) is 13.2 Å². The molecule has 1 aromatic rings. The van der Waals surface area contributed by atoms with E-state index in [9.17, 15) is 18.0 Å². The summed E-state index contributed by atoms with van der Waals surface area (Å²) in [5.74, 6) is -0.319. The summed E-state index contributed by atoms with van der Waals surface area (Å²) in [6.07, 6.45) is -4.46. The van der Waals surface area contributed by atoms with Crippen molar-refractivity contribution in [2.45, 2.75) is 38.6 Å². The highest BCUT2D eigenvalue weighted by Gasteiger charge is 2.37. The normalized spacial score (nSPS) is 14.8. The Bertz CT molecular complexity index is 486. The lowest BCUT2D eigenvalue weighted by Crippen LogP contribution is -2.53. The van der Waals surface area contributed by atoms with E-state index >= 15 is 0 Å². The van der Waals surface area contributed by atoms with Crippen LogP contribution in [0.3, 0.4) is 0 Å². The highest BCUT2D eigenvalue weighted by molar-refractivity contribution is 5.85. The van der Waals surface area contributed by atoms with Crippen LogP contribution in [0.1, 0.15) is 26.3 Å². The summed E-state index contributed by atoms with van der Waals surface area (Å²) >= 11 is 0. The van der Waals surface area contributed by atoms with Crippen molar-refractivity contribution in [3.05, 3.63) is 29.8 Å².